The van der Waals surface area contributed by atoms with E-state index in [2.05, 4.69) is 35.4 Å². The quantitative estimate of drug-likeness (QED) is 0.711. The Morgan fingerprint density at radius 1 is 1.16 bits per heavy atom. The Bertz CT molecular complexity index is 721. The highest BCUT2D eigenvalue weighted by Gasteiger charge is 2.08. The monoisotopic (exact) mass is 288 g/mol. The van der Waals surface area contributed by atoms with Crippen LogP contribution in [0, 0.1) is 0 Å². The van der Waals surface area contributed by atoms with Gasteiger partial charge in [-0.1, -0.05) is 54.1 Å². The molecule has 0 spiro atoms. The van der Waals surface area contributed by atoms with Crippen molar-refractivity contribution >= 4 is 44.0 Å². The molecule has 0 bridgehead atoms. The molecule has 3 rings (SSSR count). The zero-order valence-electron chi connectivity index (χ0n) is 10.5. The molecule has 1 aromatic heterocycles. The second kappa shape index (κ2) is 5.19. The van der Waals surface area contributed by atoms with Crippen molar-refractivity contribution < 1.29 is 0 Å². The Kier molecular flexibility index (Phi) is 3.40. The molecular formula is C15H13ClN2S. The number of benzene rings is 2. The lowest BCUT2D eigenvalue weighted by Crippen LogP contribution is -1.93. The van der Waals surface area contributed by atoms with E-state index in [0.717, 1.165) is 32.5 Å². The Morgan fingerprint density at radius 3 is 2.79 bits per heavy atom. The van der Waals surface area contributed by atoms with Gasteiger partial charge in [0.05, 0.1) is 15.2 Å². The fourth-order valence-electron chi connectivity index (χ4n) is 2.03. The third-order valence-electron chi connectivity index (χ3n) is 3.01. The maximum Gasteiger partial charge on any atom is 0.188 e. The third-order valence-corrected chi connectivity index (χ3v) is 4.45. The van der Waals surface area contributed by atoms with E-state index in [0.29, 0.717) is 0 Å². The van der Waals surface area contributed by atoms with Gasteiger partial charge in [0.2, 0.25) is 0 Å². The van der Waals surface area contributed by atoms with Crippen molar-refractivity contribution in [2.75, 3.05) is 5.32 Å². The number of halogens is 1. The van der Waals surface area contributed by atoms with Crippen LogP contribution >= 0.6 is 22.9 Å². The number of nitrogens with zero attached hydrogens (tertiary/aromatic N) is 1. The SMILES string of the molecule is CCc1ccccc1Nc1nc2cccc(Cl)c2s1. The van der Waals surface area contributed by atoms with Crippen LogP contribution in [0.25, 0.3) is 10.2 Å². The number of hydrogen-bond acceptors (Lipinski definition) is 3. The number of anilines is 2. The Labute approximate surface area is 121 Å². The van der Waals surface area contributed by atoms with Gasteiger partial charge in [-0.3, -0.25) is 0 Å². The van der Waals surface area contributed by atoms with Crippen molar-refractivity contribution in [1.29, 1.82) is 0 Å². The summed E-state index contributed by atoms with van der Waals surface area (Å²) in [6.07, 6.45) is 0.995. The standard InChI is InChI=1S/C15H13ClN2S/c1-2-10-6-3-4-8-12(10)17-15-18-13-9-5-7-11(16)14(13)19-15/h3-9H,2H2,1H3,(H,17,18). The van der Waals surface area contributed by atoms with Crippen LogP contribution in [0.2, 0.25) is 5.02 Å². The molecular weight excluding hydrogens is 276 g/mol. The molecule has 96 valence electrons. The normalized spacial score (nSPS) is 10.8. The van der Waals surface area contributed by atoms with Crippen molar-refractivity contribution in [2.24, 2.45) is 0 Å². The summed E-state index contributed by atoms with van der Waals surface area (Å²) < 4.78 is 1.03. The summed E-state index contributed by atoms with van der Waals surface area (Å²) in [6.45, 7) is 2.15. The van der Waals surface area contributed by atoms with Gasteiger partial charge in [-0.15, -0.1) is 0 Å². The van der Waals surface area contributed by atoms with E-state index in [1.54, 1.807) is 11.3 Å². The van der Waals surface area contributed by atoms with Crippen LogP contribution in [0.3, 0.4) is 0 Å². The molecule has 0 saturated heterocycles. The Balaban J connectivity index is 1.99. The fraction of sp³-hybridized carbons (Fsp3) is 0.133. The molecule has 0 aliphatic carbocycles. The zero-order chi connectivity index (χ0) is 13.2. The molecule has 1 N–H and O–H groups in total. The van der Waals surface area contributed by atoms with Crippen molar-refractivity contribution in [2.45, 2.75) is 13.3 Å². The molecule has 0 fully saturated rings. The minimum Gasteiger partial charge on any atom is -0.331 e. The Hall–Kier alpha value is -1.58. The van der Waals surface area contributed by atoms with Gasteiger partial charge in [-0.05, 0) is 30.2 Å². The van der Waals surface area contributed by atoms with Gasteiger partial charge in [0.1, 0.15) is 0 Å². The summed E-state index contributed by atoms with van der Waals surface area (Å²) in [5.74, 6) is 0. The van der Waals surface area contributed by atoms with Gasteiger partial charge in [0.15, 0.2) is 5.13 Å². The zero-order valence-corrected chi connectivity index (χ0v) is 12.1. The minimum atomic E-state index is 0.756. The van der Waals surface area contributed by atoms with E-state index < -0.39 is 0 Å². The summed E-state index contributed by atoms with van der Waals surface area (Å²) in [5, 5.41) is 5.02. The Morgan fingerprint density at radius 2 is 2.00 bits per heavy atom. The van der Waals surface area contributed by atoms with Crippen LogP contribution in [-0.4, -0.2) is 4.98 Å². The largest absolute Gasteiger partial charge is 0.331 e. The van der Waals surface area contributed by atoms with Gasteiger partial charge in [0, 0.05) is 5.69 Å². The molecule has 3 aromatic rings. The second-order valence-electron chi connectivity index (χ2n) is 4.24. The third kappa shape index (κ3) is 2.44. The van der Waals surface area contributed by atoms with Crippen LogP contribution in [0.1, 0.15) is 12.5 Å². The van der Waals surface area contributed by atoms with Gasteiger partial charge in [-0.25, -0.2) is 4.98 Å². The smallest absolute Gasteiger partial charge is 0.188 e. The van der Waals surface area contributed by atoms with Gasteiger partial charge >= 0.3 is 0 Å². The van der Waals surface area contributed by atoms with Crippen molar-refractivity contribution in [1.82, 2.24) is 4.98 Å². The molecule has 0 amide bonds. The second-order valence-corrected chi connectivity index (χ2v) is 5.65. The number of aromatic nitrogens is 1. The van der Waals surface area contributed by atoms with E-state index in [1.807, 2.05) is 24.3 Å². The van der Waals surface area contributed by atoms with Crippen molar-refractivity contribution in [3.05, 3.63) is 53.1 Å². The number of nitrogens with one attached hydrogen (secondary N) is 1. The molecule has 0 radical (unpaired) electrons. The summed E-state index contributed by atoms with van der Waals surface area (Å²) in [7, 11) is 0. The van der Waals surface area contributed by atoms with Crippen LogP contribution < -0.4 is 5.32 Å². The van der Waals surface area contributed by atoms with E-state index in [1.165, 1.54) is 5.56 Å². The molecule has 0 aliphatic heterocycles. The van der Waals surface area contributed by atoms with E-state index >= 15 is 0 Å². The average Bonchev–Trinajstić information content (AvgIpc) is 2.83. The fourth-order valence-corrected chi connectivity index (χ4v) is 3.20. The molecule has 2 aromatic carbocycles. The number of thiazole rings is 1. The highest BCUT2D eigenvalue weighted by molar-refractivity contribution is 7.22. The summed E-state index contributed by atoms with van der Waals surface area (Å²) in [5.41, 5.74) is 3.34. The van der Waals surface area contributed by atoms with Crippen LogP contribution in [0.5, 0.6) is 0 Å². The van der Waals surface area contributed by atoms with Crippen molar-refractivity contribution in [3.63, 3.8) is 0 Å². The molecule has 0 aliphatic rings. The van der Waals surface area contributed by atoms with E-state index in [-0.39, 0.29) is 0 Å². The summed E-state index contributed by atoms with van der Waals surface area (Å²) in [6, 6.07) is 14.1. The first-order valence-corrected chi connectivity index (χ1v) is 7.37. The predicted molar refractivity (Wildman–Crippen MR) is 83.7 cm³/mol. The molecule has 0 atom stereocenters. The number of rotatable bonds is 3. The first-order valence-electron chi connectivity index (χ1n) is 6.18. The average molecular weight is 289 g/mol. The number of para-hydroxylation sites is 1. The maximum absolute atomic E-state index is 6.17. The molecule has 2 nitrogen and oxygen atoms in total. The highest BCUT2D eigenvalue weighted by Crippen LogP contribution is 2.33. The van der Waals surface area contributed by atoms with Crippen LogP contribution in [0.15, 0.2) is 42.5 Å². The lowest BCUT2D eigenvalue weighted by atomic mass is 10.1. The number of aryl methyl sites for hydroxylation is 1. The number of fused-ring (bicyclic) bond motifs is 1. The lowest BCUT2D eigenvalue weighted by molar-refractivity contribution is 1.14. The first kappa shape index (κ1) is 12.5. The van der Waals surface area contributed by atoms with E-state index in [4.69, 9.17) is 11.6 Å². The van der Waals surface area contributed by atoms with Crippen LogP contribution in [-0.2, 0) is 6.42 Å². The van der Waals surface area contributed by atoms with E-state index in [9.17, 15) is 0 Å². The number of hydrogen-bond donors (Lipinski definition) is 1. The lowest BCUT2D eigenvalue weighted by Gasteiger charge is -2.07. The molecule has 19 heavy (non-hydrogen) atoms. The van der Waals surface area contributed by atoms with Gasteiger partial charge < -0.3 is 5.32 Å². The molecule has 4 heteroatoms. The maximum atomic E-state index is 6.17. The van der Waals surface area contributed by atoms with Gasteiger partial charge in [-0.2, -0.15) is 0 Å². The highest BCUT2D eigenvalue weighted by atomic mass is 35.5. The summed E-state index contributed by atoms with van der Waals surface area (Å²) >= 11 is 7.76. The van der Waals surface area contributed by atoms with Crippen molar-refractivity contribution in [3.8, 4) is 0 Å². The molecule has 1 heterocycles. The minimum absolute atomic E-state index is 0.756. The van der Waals surface area contributed by atoms with Gasteiger partial charge in [0.25, 0.3) is 0 Å². The molecule has 0 unspecified atom stereocenters. The predicted octanol–water partition coefficient (Wildman–Crippen LogP) is 5.26. The topological polar surface area (TPSA) is 24.9 Å². The molecule has 0 saturated carbocycles. The van der Waals surface area contributed by atoms with Crippen LogP contribution in [0.4, 0.5) is 10.8 Å². The first-order chi connectivity index (χ1) is 9.28. The summed E-state index contributed by atoms with van der Waals surface area (Å²) in [4.78, 5) is 4.57.